The van der Waals surface area contributed by atoms with E-state index in [4.69, 9.17) is 11.6 Å². The van der Waals surface area contributed by atoms with E-state index in [1.165, 1.54) is 12.1 Å². The fraction of sp³-hybridized carbons (Fsp3) is 0.235. The van der Waals surface area contributed by atoms with Gasteiger partial charge in [0, 0.05) is 11.1 Å². The molecule has 3 rings (SSSR count). The first kappa shape index (κ1) is 15.0. The monoisotopic (exact) mass is 318 g/mol. The Bertz CT molecular complexity index is 825. The third-order valence-corrected chi connectivity index (χ3v) is 4.04. The summed E-state index contributed by atoms with van der Waals surface area (Å²) >= 11 is 6.21. The summed E-state index contributed by atoms with van der Waals surface area (Å²) in [5, 5.41) is 14.9. The minimum Gasteiger partial charge on any atom is -0.392 e. The lowest BCUT2D eigenvalue weighted by atomic mass is 9.94. The maximum absolute atomic E-state index is 13.2. The second kappa shape index (κ2) is 5.71. The van der Waals surface area contributed by atoms with Gasteiger partial charge >= 0.3 is 0 Å². The summed E-state index contributed by atoms with van der Waals surface area (Å²) in [6.45, 7) is 3.99. The van der Waals surface area contributed by atoms with E-state index >= 15 is 0 Å². The van der Waals surface area contributed by atoms with E-state index in [1.54, 1.807) is 22.7 Å². The van der Waals surface area contributed by atoms with Crippen molar-refractivity contribution in [2.24, 2.45) is 0 Å². The highest BCUT2D eigenvalue weighted by atomic mass is 35.5. The van der Waals surface area contributed by atoms with Crippen molar-refractivity contribution in [3.8, 4) is 11.3 Å². The molecule has 0 amide bonds. The molecule has 5 heteroatoms. The number of halogens is 2. The molecule has 0 aliphatic rings. The van der Waals surface area contributed by atoms with Gasteiger partial charge in [-0.3, -0.25) is 0 Å². The number of hydrogen-bond donors (Lipinski definition) is 1. The van der Waals surface area contributed by atoms with Gasteiger partial charge in [-0.05, 0) is 47.9 Å². The number of aliphatic hydroxyl groups is 1. The topological polar surface area (TPSA) is 37.5 Å². The summed E-state index contributed by atoms with van der Waals surface area (Å²) in [6.07, 6.45) is 0. The molecule has 2 aromatic heterocycles. The molecule has 0 radical (unpaired) electrons. The van der Waals surface area contributed by atoms with Gasteiger partial charge in [0.1, 0.15) is 11.0 Å². The minimum absolute atomic E-state index is 0.132. The SMILES string of the molecule is CC(C)c1c(CO)c(-c2ccc(F)cc2)nn2c(Cl)ccc12. The molecule has 0 aliphatic carbocycles. The predicted molar refractivity (Wildman–Crippen MR) is 85.6 cm³/mol. The van der Waals surface area contributed by atoms with E-state index in [2.05, 4.69) is 18.9 Å². The zero-order valence-corrected chi connectivity index (χ0v) is 13.1. The Labute approximate surface area is 133 Å². The number of benzene rings is 1. The van der Waals surface area contributed by atoms with Gasteiger partial charge in [-0.15, -0.1) is 0 Å². The van der Waals surface area contributed by atoms with Crippen molar-refractivity contribution < 1.29 is 9.50 Å². The van der Waals surface area contributed by atoms with Crippen LogP contribution in [0.4, 0.5) is 4.39 Å². The molecule has 3 aromatic rings. The fourth-order valence-electron chi connectivity index (χ4n) is 2.80. The van der Waals surface area contributed by atoms with Crippen molar-refractivity contribution in [1.82, 2.24) is 9.61 Å². The second-order valence-electron chi connectivity index (χ2n) is 5.51. The molecule has 114 valence electrons. The lowest BCUT2D eigenvalue weighted by molar-refractivity contribution is 0.280. The van der Waals surface area contributed by atoms with Crippen LogP contribution in [0.25, 0.3) is 16.8 Å². The number of fused-ring (bicyclic) bond motifs is 1. The normalized spacial score (nSPS) is 11.5. The molecule has 0 spiro atoms. The number of rotatable bonds is 3. The van der Waals surface area contributed by atoms with Crippen LogP contribution in [0, 0.1) is 5.82 Å². The smallest absolute Gasteiger partial charge is 0.131 e. The summed E-state index contributed by atoms with van der Waals surface area (Å²) < 4.78 is 14.8. The fourth-order valence-corrected chi connectivity index (χ4v) is 2.99. The van der Waals surface area contributed by atoms with Crippen molar-refractivity contribution in [3.63, 3.8) is 0 Å². The summed E-state index contributed by atoms with van der Waals surface area (Å²) in [5.74, 6) is -0.115. The van der Waals surface area contributed by atoms with Gasteiger partial charge in [0.25, 0.3) is 0 Å². The summed E-state index contributed by atoms with van der Waals surface area (Å²) in [7, 11) is 0. The molecule has 22 heavy (non-hydrogen) atoms. The Balaban J connectivity index is 2.38. The van der Waals surface area contributed by atoms with Crippen molar-refractivity contribution in [2.75, 3.05) is 0 Å². The van der Waals surface area contributed by atoms with Crippen LogP contribution in [0.5, 0.6) is 0 Å². The van der Waals surface area contributed by atoms with E-state index < -0.39 is 0 Å². The van der Waals surface area contributed by atoms with E-state index in [1.807, 2.05) is 6.07 Å². The number of hydrogen-bond acceptors (Lipinski definition) is 2. The van der Waals surface area contributed by atoms with Crippen LogP contribution >= 0.6 is 11.6 Å². The first-order valence-electron chi connectivity index (χ1n) is 7.09. The van der Waals surface area contributed by atoms with E-state index in [0.717, 1.165) is 22.2 Å². The van der Waals surface area contributed by atoms with Crippen LogP contribution in [-0.4, -0.2) is 14.7 Å². The molecule has 0 atom stereocenters. The van der Waals surface area contributed by atoms with Gasteiger partial charge in [-0.2, -0.15) is 5.10 Å². The third-order valence-electron chi connectivity index (χ3n) is 3.75. The Hall–Kier alpha value is -1.91. The highest BCUT2D eigenvalue weighted by Crippen LogP contribution is 2.33. The zero-order chi connectivity index (χ0) is 15.9. The highest BCUT2D eigenvalue weighted by molar-refractivity contribution is 6.30. The van der Waals surface area contributed by atoms with Crippen molar-refractivity contribution in [3.05, 3.63) is 58.5 Å². The van der Waals surface area contributed by atoms with E-state index in [9.17, 15) is 9.50 Å². The first-order valence-corrected chi connectivity index (χ1v) is 7.47. The molecule has 0 fully saturated rings. The van der Waals surface area contributed by atoms with Crippen LogP contribution in [0.3, 0.4) is 0 Å². The summed E-state index contributed by atoms with van der Waals surface area (Å²) in [5.41, 5.74) is 4.01. The summed E-state index contributed by atoms with van der Waals surface area (Å²) in [6, 6.07) is 9.77. The van der Waals surface area contributed by atoms with Gasteiger partial charge in [-0.1, -0.05) is 25.4 Å². The first-order chi connectivity index (χ1) is 10.5. The van der Waals surface area contributed by atoms with Crippen LogP contribution in [-0.2, 0) is 6.61 Å². The number of aliphatic hydroxyl groups excluding tert-OH is 1. The molecular weight excluding hydrogens is 303 g/mol. The standard InChI is InChI=1S/C17H16ClFN2O/c1-10(2)16-13(9-22)17(11-3-5-12(19)6-4-11)20-21-14(16)7-8-15(21)18/h3-8,10,22H,9H2,1-2H3. The lowest BCUT2D eigenvalue weighted by Gasteiger charge is -2.17. The molecule has 2 heterocycles. The Morgan fingerprint density at radius 2 is 1.86 bits per heavy atom. The Morgan fingerprint density at radius 1 is 1.18 bits per heavy atom. The van der Waals surface area contributed by atoms with Crippen molar-refractivity contribution >= 4 is 17.1 Å². The summed E-state index contributed by atoms with van der Waals surface area (Å²) in [4.78, 5) is 0. The molecule has 0 aliphatic heterocycles. The van der Waals surface area contributed by atoms with Gasteiger partial charge in [-0.25, -0.2) is 8.91 Å². The zero-order valence-electron chi connectivity index (χ0n) is 12.3. The van der Waals surface area contributed by atoms with Gasteiger partial charge in [0.2, 0.25) is 0 Å². The van der Waals surface area contributed by atoms with Crippen molar-refractivity contribution in [2.45, 2.75) is 26.4 Å². The van der Waals surface area contributed by atoms with Gasteiger partial charge < -0.3 is 5.11 Å². The Morgan fingerprint density at radius 3 is 2.45 bits per heavy atom. The largest absolute Gasteiger partial charge is 0.392 e. The van der Waals surface area contributed by atoms with Crippen molar-refractivity contribution in [1.29, 1.82) is 0 Å². The lowest BCUT2D eigenvalue weighted by Crippen LogP contribution is -2.07. The quantitative estimate of drug-likeness (QED) is 0.776. The maximum atomic E-state index is 13.2. The average molecular weight is 319 g/mol. The highest BCUT2D eigenvalue weighted by Gasteiger charge is 2.19. The van der Waals surface area contributed by atoms with Crippen LogP contribution in [0.2, 0.25) is 5.15 Å². The predicted octanol–water partition coefficient (Wildman–Crippen LogP) is 4.41. The third kappa shape index (κ3) is 2.38. The Kier molecular flexibility index (Phi) is 3.89. The van der Waals surface area contributed by atoms with E-state index in [-0.39, 0.29) is 18.3 Å². The average Bonchev–Trinajstić information content (AvgIpc) is 2.87. The second-order valence-corrected chi connectivity index (χ2v) is 5.90. The van der Waals surface area contributed by atoms with Gasteiger partial charge in [0.05, 0.1) is 17.8 Å². The van der Waals surface area contributed by atoms with Gasteiger partial charge in [0.15, 0.2) is 0 Å². The van der Waals surface area contributed by atoms with Crippen LogP contribution < -0.4 is 0 Å². The number of nitrogens with zero attached hydrogens (tertiary/aromatic N) is 2. The molecule has 1 N–H and O–H groups in total. The molecule has 1 aromatic carbocycles. The maximum Gasteiger partial charge on any atom is 0.131 e. The molecule has 0 saturated carbocycles. The number of aromatic nitrogens is 2. The molecule has 0 unspecified atom stereocenters. The van der Waals surface area contributed by atoms with Crippen LogP contribution in [0.1, 0.15) is 30.9 Å². The molecule has 0 saturated heterocycles. The molecular formula is C17H16ClFN2O. The molecule has 0 bridgehead atoms. The van der Waals surface area contributed by atoms with E-state index in [0.29, 0.717) is 10.8 Å². The minimum atomic E-state index is -0.307. The van der Waals surface area contributed by atoms with Crippen LogP contribution in [0.15, 0.2) is 36.4 Å². The molecule has 3 nitrogen and oxygen atoms in total.